The number of aliphatic hydroxyl groups is 1. The number of Topliss-reactive ketones (excluding diaryl/α,β-unsaturated/α-hetero) is 1. The smallest absolute Gasteiger partial charge is 0.331 e. The Kier molecular flexibility index (Phi) is 4.14. The molecule has 3 aromatic carbocycles. The van der Waals surface area contributed by atoms with Crippen molar-refractivity contribution in [2.75, 3.05) is 0 Å². The summed E-state index contributed by atoms with van der Waals surface area (Å²) in [7, 11) is 0. The first-order chi connectivity index (χ1) is 14.6. The van der Waals surface area contributed by atoms with E-state index in [9.17, 15) is 14.7 Å². The summed E-state index contributed by atoms with van der Waals surface area (Å²) >= 11 is 0. The number of ketones is 1. The lowest BCUT2D eigenvalue weighted by molar-refractivity contribution is -0.142. The van der Waals surface area contributed by atoms with Crippen molar-refractivity contribution in [2.45, 2.75) is 5.92 Å². The Morgan fingerprint density at radius 1 is 0.900 bits per heavy atom. The second-order valence-corrected chi connectivity index (χ2v) is 7.43. The van der Waals surface area contributed by atoms with Gasteiger partial charge in [0.1, 0.15) is 11.5 Å². The largest absolute Gasteiger partial charge is 0.508 e. The van der Waals surface area contributed by atoms with Gasteiger partial charge in [-0.1, -0.05) is 78.9 Å². The molecule has 0 fully saturated rings. The van der Waals surface area contributed by atoms with Gasteiger partial charge in [0.15, 0.2) is 11.2 Å². The molecule has 146 valence electrons. The standard InChI is InChI=1S/C26H18O4/c27-22-16-20-19-13-7-8-14-23(19)30-25(29)26(20,24(28)18-11-5-2-6-12-18)21(22)15-17-9-3-1-4-10-17/h1-16,20,27H/b21-15-/t20-,26+/m1/s1. The molecule has 2 atom stereocenters. The Morgan fingerprint density at radius 2 is 1.53 bits per heavy atom. The fourth-order valence-electron chi connectivity index (χ4n) is 4.39. The van der Waals surface area contributed by atoms with Crippen molar-refractivity contribution >= 4 is 17.8 Å². The zero-order valence-electron chi connectivity index (χ0n) is 16.0. The van der Waals surface area contributed by atoms with Crippen LogP contribution < -0.4 is 4.74 Å². The topological polar surface area (TPSA) is 63.6 Å². The minimum absolute atomic E-state index is 0.0817. The van der Waals surface area contributed by atoms with Crippen LogP contribution in [0.4, 0.5) is 0 Å². The lowest BCUT2D eigenvalue weighted by Crippen LogP contribution is -2.48. The van der Waals surface area contributed by atoms with Crippen LogP contribution in [0.1, 0.15) is 27.4 Å². The van der Waals surface area contributed by atoms with Crippen molar-refractivity contribution in [3.05, 3.63) is 119 Å². The summed E-state index contributed by atoms with van der Waals surface area (Å²) < 4.78 is 5.66. The quantitative estimate of drug-likeness (QED) is 0.291. The molecule has 0 spiro atoms. The van der Waals surface area contributed by atoms with Crippen molar-refractivity contribution in [2.24, 2.45) is 5.41 Å². The van der Waals surface area contributed by atoms with Gasteiger partial charge in [0.2, 0.25) is 0 Å². The number of ether oxygens (including phenoxy) is 1. The summed E-state index contributed by atoms with van der Waals surface area (Å²) in [5.41, 5.74) is 0.438. The first kappa shape index (κ1) is 18.1. The third kappa shape index (κ3) is 2.54. The second kappa shape index (κ2) is 6.85. The monoisotopic (exact) mass is 394 g/mol. The van der Waals surface area contributed by atoms with Crippen LogP contribution in [0.15, 0.2) is 102 Å². The molecule has 1 heterocycles. The summed E-state index contributed by atoms with van der Waals surface area (Å²) in [6, 6.07) is 25.1. The molecule has 0 aromatic heterocycles. The van der Waals surface area contributed by atoms with Crippen molar-refractivity contribution in [1.82, 2.24) is 0 Å². The molecule has 0 amide bonds. The SMILES string of the molecule is O=C1Oc2ccccc2[C@H]2C=C(O)/C(=C/c3ccccc3)[C@@]12C(=O)c1ccccc1. The zero-order chi connectivity index (χ0) is 20.7. The van der Waals surface area contributed by atoms with E-state index in [0.29, 0.717) is 16.9 Å². The van der Waals surface area contributed by atoms with Gasteiger partial charge >= 0.3 is 5.97 Å². The number of hydrogen-bond donors (Lipinski definition) is 1. The van der Waals surface area contributed by atoms with Crippen LogP contribution in [0.3, 0.4) is 0 Å². The summed E-state index contributed by atoms with van der Waals surface area (Å²) in [4.78, 5) is 27.4. The predicted molar refractivity (Wildman–Crippen MR) is 113 cm³/mol. The minimum atomic E-state index is -1.68. The molecule has 0 bridgehead atoms. The molecule has 4 heteroatoms. The maximum absolute atomic E-state index is 13.9. The number of esters is 1. The molecule has 1 aliphatic carbocycles. The van der Waals surface area contributed by atoms with E-state index in [0.717, 1.165) is 5.56 Å². The number of fused-ring (bicyclic) bond motifs is 3. The molecule has 5 rings (SSSR count). The van der Waals surface area contributed by atoms with Gasteiger partial charge in [-0.15, -0.1) is 0 Å². The third-order valence-electron chi connectivity index (χ3n) is 5.78. The molecule has 30 heavy (non-hydrogen) atoms. The number of allylic oxidation sites excluding steroid dienone is 2. The van der Waals surface area contributed by atoms with Crippen LogP contribution in [0.25, 0.3) is 6.08 Å². The summed E-state index contributed by atoms with van der Waals surface area (Å²) in [6.07, 6.45) is 3.29. The average molecular weight is 394 g/mol. The van der Waals surface area contributed by atoms with Crippen LogP contribution in [-0.2, 0) is 4.79 Å². The van der Waals surface area contributed by atoms with Gasteiger partial charge in [-0.05, 0) is 23.8 Å². The first-order valence-electron chi connectivity index (χ1n) is 9.72. The zero-order valence-corrected chi connectivity index (χ0v) is 16.0. The van der Waals surface area contributed by atoms with E-state index >= 15 is 0 Å². The number of carbonyl (C=O) groups is 2. The highest BCUT2D eigenvalue weighted by atomic mass is 16.5. The molecule has 0 unspecified atom stereocenters. The lowest BCUT2D eigenvalue weighted by Gasteiger charge is -2.37. The maximum atomic E-state index is 13.9. The Hall–Kier alpha value is -3.92. The Bertz CT molecular complexity index is 1210. The number of hydrogen-bond acceptors (Lipinski definition) is 4. The molecule has 4 nitrogen and oxygen atoms in total. The molecular formula is C26H18O4. The maximum Gasteiger partial charge on any atom is 0.331 e. The van der Waals surface area contributed by atoms with Gasteiger partial charge in [0.25, 0.3) is 0 Å². The number of rotatable bonds is 3. The van der Waals surface area contributed by atoms with Gasteiger partial charge in [0.05, 0.1) is 0 Å². The highest BCUT2D eigenvalue weighted by molar-refractivity contribution is 6.19. The molecule has 0 radical (unpaired) electrons. The van der Waals surface area contributed by atoms with E-state index in [-0.39, 0.29) is 11.3 Å². The fraction of sp³-hybridized carbons (Fsp3) is 0.0769. The highest BCUT2D eigenvalue weighted by Gasteiger charge is 2.63. The summed E-state index contributed by atoms with van der Waals surface area (Å²) in [5, 5.41) is 10.9. The minimum Gasteiger partial charge on any atom is -0.508 e. The third-order valence-corrected chi connectivity index (χ3v) is 5.78. The van der Waals surface area contributed by atoms with Gasteiger partial charge in [-0.25, -0.2) is 0 Å². The molecular weight excluding hydrogens is 376 g/mol. The van der Waals surface area contributed by atoms with Crippen LogP contribution in [0, 0.1) is 5.41 Å². The van der Waals surface area contributed by atoms with E-state index < -0.39 is 23.1 Å². The lowest BCUT2D eigenvalue weighted by atomic mass is 9.65. The van der Waals surface area contributed by atoms with Crippen molar-refractivity contribution in [3.63, 3.8) is 0 Å². The van der Waals surface area contributed by atoms with Crippen LogP contribution in [0.2, 0.25) is 0 Å². The van der Waals surface area contributed by atoms with Gasteiger partial charge in [-0.3, -0.25) is 9.59 Å². The van der Waals surface area contributed by atoms with E-state index in [1.807, 2.05) is 48.5 Å². The highest BCUT2D eigenvalue weighted by Crippen LogP contribution is 2.58. The van der Waals surface area contributed by atoms with Gasteiger partial charge < -0.3 is 9.84 Å². The Labute approximate surface area is 173 Å². The number of para-hydroxylation sites is 1. The Balaban J connectivity index is 1.79. The van der Waals surface area contributed by atoms with Crippen molar-refractivity contribution < 1.29 is 19.4 Å². The molecule has 1 N–H and O–H groups in total. The van der Waals surface area contributed by atoms with E-state index in [1.165, 1.54) is 0 Å². The van der Waals surface area contributed by atoms with Crippen LogP contribution in [0.5, 0.6) is 5.75 Å². The van der Waals surface area contributed by atoms with Gasteiger partial charge in [0, 0.05) is 22.6 Å². The number of benzene rings is 3. The molecule has 0 saturated carbocycles. The number of aliphatic hydroxyl groups excluding tert-OH is 1. The number of carbonyl (C=O) groups excluding carboxylic acids is 2. The normalized spacial score (nSPS) is 23.3. The average Bonchev–Trinajstić information content (AvgIpc) is 3.08. The van der Waals surface area contributed by atoms with E-state index in [1.54, 1.807) is 48.6 Å². The Morgan fingerprint density at radius 3 is 2.27 bits per heavy atom. The van der Waals surface area contributed by atoms with E-state index in [2.05, 4.69) is 0 Å². The van der Waals surface area contributed by atoms with E-state index in [4.69, 9.17) is 4.74 Å². The summed E-state index contributed by atoms with van der Waals surface area (Å²) in [6.45, 7) is 0. The molecule has 0 saturated heterocycles. The van der Waals surface area contributed by atoms with Crippen LogP contribution >= 0.6 is 0 Å². The predicted octanol–water partition coefficient (Wildman–Crippen LogP) is 5.10. The van der Waals surface area contributed by atoms with Crippen molar-refractivity contribution in [1.29, 1.82) is 0 Å². The van der Waals surface area contributed by atoms with Crippen molar-refractivity contribution in [3.8, 4) is 5.75 Å². The molecule has 3 aromatic rings. The van der Waals surface area contributed by atoms with Crippen LogP contribution in [-0.4, -0.2) is 16.9 Å². The second-order valence-electron chi connectivity index (χ2n) is 7.43. The van der Waals surface area contributed by atoms with Gasteiger partial charge in [-0.2, -0.15) is 0 Å². The summed E-state index contributed by atoms with van der Waals surface area (Å²) in [5.74, 6) is -1.40. The first-order valence-corrected chi connectivity index (χ1v) is 9.72. The molecule has 1 aliphatic heterocycles. The fourth-order valence-corrected chi connectivity index (χ4v) is 4.39. The molecule has 2 aliphatic rings.